The lowest BCUT2D eigenvalue weighted by molar-refractivity contribution is -0.254. The van der Waals surface area contributed by atoms with E-state index in [0.29, 0.717) is 4.41 Å². The lowest BCUT2D eigenvalue weighted by atomic mass is 10.2. The molecule has 30 heavy (non-hydrogen) atoms. The van der Waals surface area contributed by atoms with Gasteiger partial charge in [0.05, 0.1) is 25.4 Å². The maximum Gasteiger partial charge on any atom is 0.256 e. The molecule has 1 aliphatic heterocycles. The monoisotopic (exact) mass is 444 g/mol. The van der Waals surface area contributed by atoms with Crippen molar-refractivity contribution in [2.24, 2.45) is 5.73 Å². The van der Waals surface area contributed by atoms with E-state index in [9.17, 15) is 8.42 Å². The Morgan fingerprint density at radius 3 is 2.30 bits per heavy atom. The Bertz CT molecular complexity index is 820. The third-order valence-corrected chi connectivity index (χ3v) is 6.41. The Kier molecular flexibility index (Phi) is 7.74. The second kappa shape index (κ2) is 9.52. The van der Waals surface area contributed by atoms with Crippen LogP contribution in [-0.2, 0) is 24.2 Å². The molecule has 2 rings (SSSR count). The second-order valence-corrected chi connectivity index (χ2v) is 10.1. The predicted octanol–water partition coefficient (Wildman–Crippen LogP) is 0.821. The van der Waals surface area contributed by atoms with Gasteiger partial charge in [-0.1, -0.05) is 0 Å². The molecule has 0 unspecified atom stereocenters. The number of aryl methyl sites for hydroxylation is 1. The smallest absolute Gasteiger partial charge is 0.256 e. The van der Waals surface area contributed by atoms with Gasteiger partial charge >= 0.3 is 0 Å². The lowest BCUT2D eigenvalue weighted by Crippen LogP contribution is -2.60. The third kappa shape index (κ3) is 6.08. The van der Waals surface area contributed by atoms with Crippen molar-refractivity contribution < 1.29 is 22.6 Å². The quantitative estimate of drug-likeness (QED) is 0.300. The average Bonchev–Trinajstić information content (AvgIpc) is 2.64. The minimum atomic E-state index is -4.17. The summed E-state index contributed by atoms with van der Waals surface area (Å²) in [4.78, 5) is 8.48. The van der Waals surface area contributed by atoms with Crippen molar-refractivity contribution >= 4 is 16.0 Å². The molecule has 11 nitrogen and oxygen atoms in total. The van der Waals surface area contributed by atoms with Gasteiger partial charge in [-0.25, -0.2) is 23.8 Å². The van der Waals surface area contributed by atoms with Crippen LogP contribution in [0.25, 0.3) is 0 Å². The standard InChI is InChI=1S/C18H32N6O5S/c1-11(2)29-15(16-21-7-12(3)8-22-16)13(4)30(25,26)24(17(19)20)23-14-9-27-18(5,6)28-10-14/h7-8,11,13-15,23H,9-10H2,1-6H3,(H3,19,20)/t13-,15+/m0/s1. The molecule has 0 radical (unpaired) electrons. The number of nitrogens with zero attached hydrogens (tertiary/aromatic N) is 3. The van der Waals surface area contributed by atoms with Crippen LogP contribution in [-0.4, -0.2) is 65.2 Å². The fraction of sp³-hybridized carbons (Fsp3) is 0.722. The van der Waals surface area contributed by atoms with Crippen molar-refractivity contribution in [3.05, 3.63) is 23.8 Å². The molecule has 0 aliphatic carbocycles. The normalized spacial score (nSPS) is 19.4. The summed E-state index contributed by atoms with van der Waals surface area (Å²) in [6.07, 6.45) is 1.95. The van der Waals surface area contributed by atoms with Gasteiger partial charge in [-0.3, -0.25) is 5.41 Å². The topological polar surface area (TPSA) is 153 Å². The molecule has 2 atom stereocenters. The van der Waals surface area contributed by atoms with E-state index in [1.165, 1.54) is 6.92 Å². The van der Waals surface area contributed by atoms with Gasteiger partial charge < -0.3 is 19.9 Å². The van der Waals surface area contributed by atoms with Gasteiger partial charge in [-0.2, -0.15) is 4.41 Å². The molecule has 0 saturated carbocycles. The van der Waals surface area contributed by atoms with Crippen molar-refractivity contribution in [1.82, 2.24) is 19.8 Å². The number of sulfonamides is 1. The minimum Gasteiger partial charge on any atom is -0.368 e. The van der Waals surface area contributed by atoms with E-state index in [1.54, 1.807) is 40.1 Å². The zero-order valence-corrected chi connectivity index (χ0v) is 19.1. The number of hydrazine groups is 1. The first-order chi connectivity index (χ1) is 13.8. The molecule has 170 valence electrons. The highest BCUT2D eigenvalue weighted by Gasteiger charge is 2.40. The molecule has 0 bridgehead atoms. The van der Waals surface area contributed by atoms with Gasteiger partial charge in [0.1, 0.15) is 11.4 Å². The van der Waals surface area contributed by atoms with Crippen molar-refractivity contribution in [2.45, 2.75) is 70.8 Å². The fourth-order valence-electron chi connectivity index (χ4n) is 2.76. The number of guanidine groups is 1. The molecule has 0 amide bonds. The van der Waals surface area contributed by atoms with E-state index in [4.69, 9.17) is 25.4 Å². The van der Waals surface area contributed by atoms with E-state index in [2.05, 4.69) is 15.4 Å². The molecule has 2 heterocycles. The van der Waals surface area contributed by atoms with E-state index >= 15 is 0 Å². The van der Waals surface area contributed by atoms with Crippen molar-refractivity contribution in [3.8, 4) is 0 Å². The molecular weight excluding hydrogens is 412 g/mol. The van der Waals surface area contributed by atoms with E-state index < -0.39 is 39.2 Å². The first-order valence-corrected chi connectivity index (χ1v) is 11.2. The third-order valence-electron chi connectivity index (χ3n) is 4.41. The Morgan fingerprint density at radius 2 is 1.83 bits per heavy atom. The number of nitrogens with one attached hydrogen (secondary N) is 2. The number of aromatic nitrogens is 2. The lowest BCUT2D eigenvalue weighted by Gasteiger charge is -2.38. The van der Waals surface area contributed by atoms with Gasteiger partial charge in [0.2, 0.25) is 5.96 Å². The number of hydrogen-bond donors (Lipinski definition) is 3. The summed E-state index contributed by atoms with van der Waals surface area (Å²) >= 11 is 0. The summed E-state index contributed by atoms with van der Waals surface area (Å²) in [5, 5.41) is 6.68. The van der Waals surface area contributed by atoms with Gasteiger partial charge in [0, 0.05) is 12.4 Å². The van der Waals surface area contributed by atoms with Crippen LogP contribution in [0.5, 0.6) is 0 Å². The largest absolute Gasteiger partial charge is 0.368 e. The van der Waals surface area contributed by atoms with Crippen LogP contribution in [0.4, 0.5) is 0 Å². The summed E-state index contributed by atoms with van der Waals surface area (Å²) in [5.41, 5.74) is 9.18. The van der Waals surface area contributed by atoms with Crippen molar-refractivity contribution in [1.29, 1.82) is 5.41 Å². The van der Waals surface area contributed by atoms with Crippen LogP contribution in [0, 0.1) is 12.3 Å². The molecule has 1 fully saturated rings. The summed E-state index contributed by atoms with van der Waals surface area (Å²) in [5.74, 6) is -1.20. The van der Waals surface area contributed by atoms with Gasteiger partial charge in [0.25, 0.3) is 10.0 Å². The van der Waals surface area contributed by atoms with Gasteiger partial charge in [-0.15, -0.1) is 0 Å². The Hall–Kier alpha value is -1.86. The number of hydrogen-bond acceptors (Lipinski definition) is 9. The van der Waals surface area contributed by atoms with E-state index in [-0.39, 0.29) is 25.1 Å². The molecule has 1 saturated heterocycles. The van der Waals surface area contributed by atoms with Crippen LogP contribution in [0.3, 0.4) is 0 Å². The molecule has 0 spiro atoms. The fourth-order valence-corrected chi connectivity index (χ4v) is 4.16. The number of nitrogens with two attached hydrogens (primary N) is 1. The summed E-state index contributed by atoms with van der Waals surface area (Å²) < 4.78 is 44.3. The molecule has 1 aromatic heterocycles. The van der Waals surface area contributed by atoms with Gasteiger partial charge in [-0.05, 0) is 47.1 Å². The second-order valence-electron chi connectivity index (χ2n) is 7.97. The summed E-state index contributed by atoms with van der Waals surface area (Å²) in [7, 11) is -4.17. The highest BCUT2D eigenvalue weighted by atomic mass is 32.2. The van der Waals surface area contributed by atoms with E-state index in [0.717, 1.165) is 5.56 Å². The zero-order valence-electron chi connectivity index (χ0n) is 18.2. The highest BCUT2D eigenvalue weighted by molar-refractivity contribution is 7.90. The zero-order chi connectivity index (χ0) is 22.7. The van der Waals surface area contributed by atoms with Crippen LogP contribution < -0.4 is 11.2 Å². The molecule has 1 aliphatic rings. The number of ether oxygens (including phenoxy) is 3. The molecule has 12 heteroatoms. The van der Waals surface area contributed by atoms with Crippen molar-refractivity contribution in [2.75, 3.05) is 13.2 Å². The minimum absolute atomic E-state index is 0.188. The van der Waals surface area contributed by atoms with Crippen LogP contribution >= 0.6 is 0 Å². The summed E-state index contributed by atoms with van der Waals surface area (Å²) in [6, 6.07) is -0.510. The van der Waals surface area contributed by atoms with Crippen LogP contribution in [0.1, 0.15) is 52.1 Å². The SMILES string of the molecule is Cc1cnc([C@H](OC(C)C)[C@H](C)S(=O)(=O)N(NC2COC(C)(C)OC2)C(=N)N)nc1. The Balaban J connectivity index is 2.28. The van der Waals surface area contributed by atoms with E-state index in [1.807, 2.05) is 6.92 Å². The van der Waals surface area contributed by atoms with Crippen LogP contribution in [0.15, 0.2) is 12.4 Å². The first kappa shape index (κ1) is 24.4. The molecule has 0 aromatic carbocycles. The maximum absolute atomic E-state index is 13.4. The summed E-state index contributed by atoms with van der Waals surface area (Å²) in [6.45, 7) is 10.8. The van der Waals surface area contributed by atoms with Crippen molar-refractivity contribution in [3.63, 3.8) is 0 Å². The molecule has 1 aromatic rings. The molecular formula is C18H32N6O5S. The highest BCUT2D eigenvalue weighted by Crippen LogP contribution is 2.27. The van der Waals surface area contributed by atoms with Crippen LogP contribution in [0.2, 0.25) is 0 Å². The first-order valence-electron chi connectivity index (χ1n) is 9.69. The Morgan fingerprint density at radius 1 is 1.30 bits per heavy atom. The predicted molar refractivity (Wildman–Crippen MR) is 111 cm³/mol. The molecule has 4 N–H and O–H groups in total. The average molecular weight is 445 g/mol. The number of rotatable bonds is 8. The Labute approximate surface area is 177 Å². The maximum atomic E-state index is 13.4. The van der Waals surface area contributed by atoms with Gasteiger partial charge in [0.15, 0.2) is 11.6 Å².